The van der Waals surface area contributed by atoms with E-state index < -0.39 is 10.0 Å². The van der Waals surface area contributed by atoms with Crippen molar-refractivity contribution < 1.29 is 8.42 Å². The first-order valence-electron chi connectivity index (χ1n) is 6.04. The standard InChI is InChI=1S/C15H11N3O2S/c16-10-9-12-3-7-15(8-4-12)21(19,20)18-14-5-1-13(11-17)2-6-14/h1-8,18H,9H2. The van der Waals surface area contributed by atoms with Gasteiger partial charge in [0.15, 0.2) is 0 Å². The number of rotatable bonds is 4. The van der Waals surface area contributed by atoms with E-state index in [1.165, 1.54) is 36.4 Å². The fourth-order valence-corrected chi connectivity index (χ4v) is 2.76. The van der Waals surface area contributed by atoms with Gasteiger partial charge in [0.05, 0.1) is 29.0 Å². The molecule has 2 rings (SSSR count). The molecule has 0 radical (unpaired) electrons. The molecule has 0 heterocycles. The van der Waals surface area contributed by atoms with Gasteiger partial charge in [0, 0.05) is 5.69 Å². The zero-order chi connectivity index (χ0) is 15.3. The maximum atomic E-state index is 12.2. The second kappa shape index (κ2) is 6.08. The molecule has 0 aliphatic carbocycles. The Hall–Kier alpha value is -2.83. The largest absolute Gasteiger partial charge is 0.280 e. The van der Waals surface area contributed by atoms with Crippen molar-refractivity contribution in [2.24, 2.45) is 0 Å². The van der Waals surface area contributed by atoms with Crippen LogP contribution in [-0.4, -0.2) is 8.42 Å². The Bertz CT molecular complexity index is 811. The van der Waals surface area contributed by atoms with Gasteiger partial charge in [0.2, 0.25) is 0 Å². The van der Waals surface area contributed by atoms with Crippen LogP contribution in [-0.2, 0) is 16.4 Å². The van der Waals surface area contributed by atoms with Crippen LogP contribution in [0, 0.1) is 22.7 Å². The van der Waals surface area contributed by atoms with Crippen LogP contribution in [0.25, 0.3) is 0 Å². The SMILES string of the molecule is N#CCc1ccc(S(=O)(=O)Nc2ccc(C#N)cc2)cc1. The van der Waals surface area contributed by atoms with Gasteiger partial charge in [0.25, 0.3) is 10.0 Å². The molecule has 0 spiro atoms. The lowest BCUT2D eigenvalue weighted by molar-refractivity contribution is 0.601. The van der Waals surface area contributed by atoms with Gasteiger partial charge in [-0.3, -0.25) is 4.72 Å². The number of hydrogen-bond acceptors (Lipinski definition) is 4. The van der Waals surface area contributed by atoms with E-state index in [0.717, 1.165) is 5.56 Å². The van der Waals surface area contributed by atoms with E-state index in [-0.39, 0.29) is 11.3 Å². The molecule has 5 nitrogen and oxygen atoms in total. The summed E-state index contributed by atoms with van der Waals surface area (Å²) in [5, 5.41) is 17.3. The molecule has 0 bridgehead atoms. The van der Waals surface area contributed by atoms with Crippen molar-refractivity contribution in [1.29, 1.82) is 10.5 Å². The maximum Gasteiger partial charge on any atom is 0.261 e. The molecule has 21 heavy (non-hydrogen) atoms. The summed E-state index contributed by atoms with van der Waals surface area (Å²) in [6.45, 7) is 0. The van der Waals surface area contributed by atoms with Gasteiger partial charge in [-0.05, 0) is 42.0 Å². The first-order valence-corrected chi connectivity index (χ1v) is 7.52. The molecule has 0 aliphatic rings. The number of benzene rings is 2. The van der Waals surface area contributed by atoms with E-state index >= 15 is 0 Å². The van der Waals surface area contributed by atoms with E-state index in [1.807, 2.05) is 12.1 Å². The first kappa shape index (κ1) is 14.6. The summed E-state index contributed by atoms with van der Waals surface area (Å²) >= 11 is 0. The topological polar surface area (TPSA) is 93.8 Å². The van der Waals surface area contributed by atoms with E-state index in [1.54, 1.807) is 12.1 Å². The Morgan fingerprint density at radius 2 is 1.57 bits per heavy atom. The van der Waals surface area contributed by atoms with Gasteiger partial charge in [-0.1, -0.05) is 12.1 Å². The average molecular weight is 297 g/mol. The smallest absolute Gasteiger partial charge is 0.261 e. The van der Waals surface area contributed by atoms with Crippen LogP contribution in [0.1, 0.15) is 11.1 Å². The summed E-state index contributed by atoms with van der Waals surface area (Å²) in [6.07, 6.45) is 0.239. The third kappa shape index (κ3) is 3.59. The van der Waals surface area contributed by atoms with Crippen LogP contribution < -0.4 is 4.72 Å². The average Bonchev–Trinajstić information content (AvgIpc) is 2.48. The van der Waals surface area contributed by atoms with Crippen molar-refractivity contribution in [3.8, 4) is 12.1 Å². The molecule has 2 aromatic rings. The zero-order valence-corrected chi connectivity index (χ0v) is 11.8. The number of hydrogen-bond donors (Lipinski definition) is 1. The molecular formula is C15H11N3O2S. The molecule has 1 N–H and O–H groups in total. The lowest BCUT2D eigenvalue weighted by Crippen LogP contribution is -2.12. The Balaban J connectivity index is 2.21. The minimum Gasteiger partial charge on any atom is -0.280 e. The zero-order valence-electron chi connectivity index (χ0n) is 10.9. The highest BCUT2D eigenvalue weighted by atomic mass is 32.2. The minimum atomic E-state index is -3.68. The first-order chi connectivity index (χ1) is 10.0. The van der Waals surface area contributed by atoms with Gasteiger partial charge >= 0.3 is 0 Å². The van der Waals surface area contributed by atoms with Gasteiger partial charge in [-0.25, -0.2) is 8.42 Å². The molecule has 0 atom stereocenters. The van der Waals surface area contributed by atoms with Crippen molar-refractivity contribution in [3.63, 3.8) is 0 Å². The normalized spacial score (nSPS) is 10.4. The third-order valence-electron chi connectivity index (χ3n) is 2.78. The number of nitrogens with one attached hydrogen (secondary N) is 1. The molecule has 0 saturated heterocycles. The third-order valence-corrected chi connectivity index (χ3v) is 4.18. The van der Waals surface area contributed by atoms with Gasteiger partial charge in [-0.15, -0.1) is 0 Å². The van der Waals surface area contributed by atoms with Crippen LogP contribution in [0.15, 0.2) is 53.4 Å². The molecule has 104 valence electrons. The van der Waals surface area contributed by atoms with Gasteiger partial charge in [0.1, 0.15) is 0 Å². The highest BCUT2D eigenvalue weighted by Crippen LogP contribution is 2.17. The lowest BCUT2D eigenvalue weighted by atomic mass is 10.2. The summed E-state index contributed by atoms with van der Waals surface area (Å²) in [7, 11) is -3.68. The minimum absolute atomic E-state index is 0.119. The number of nitriles is 2. The molecule has 6 heteroatoms. The van der Waals surface area contributed by atoms with Crippen molar-refractivity contribution in [2.75, 3.05) is 4.72 Å². The number of anilines is 1. The van der Waals surface area contributed by atoms with Crippen molar-refractivity contribution in [1.82, 2.24) is 0 Å². The number of sulfonamides is 1. The van der Waals surface area contributed by atoms with Crippen LogP contribution in [0.2, 0.25) is 0 Å². The Labute approximate surface area is 123 Å². The van der Waals surface area contributed by atoms with E-state index in [2.05, 4.69) is 4.72 Å². The highest BCUT2D eigenvalue weighted by molar-refractivity contribution is 7.92. The molecule has 0 unspecified atom stereocenters. The molecule has 0 aromatic heterocycles. The van der Waals surface area contributed by atoms with Crippen LogP contribution in [0.3, 0.4) is 0 Å². The highest BCUT2D eigenvalue weighted by Gasteiger charge is 2.13. The second-order valence-electron chi connectivity index (χ2n) is 4.27. The molecule has 0 amide bonds. The van der Waals surface area contributed by atoms with E-state index in [9.17, 15) is 8.42 Å². The fourth-order valence-electron chi connectivity index (χ4n) is 1.70. The summed E-state index contributed by atoms with van der Waals surface area (Å²) < 4.78 is 26.8. The van der Waals surface area contributed by atoms with Crippen molar-refractivity contribution in [2.45, 2.75) is 11.3 Å². The lowest BCUT2D eigenvalue weighted by Gasteiger charge is -2.08. The van der Waals surface area contributed by atoms with Gasteiger partial charge < -0.3 is 0 Å². The van der Waals surface area contributed by atoms with E-state index in [0.29, 0.717) is 11.3 Å². The maximum absolute atomic E-state index is 12.2. The van der Waals surface area contributed by atoms with E-state index in [4.69, 9.17) is 10.5 Å². The number of nitrogens with zero attached hydrogens (tertiary/aromatic N) is 2. The summed E-state index contributed by atoms with van der Waals surface area (Å²) in [4.78, 5) is 0.119. The fraction of sp³-hybridized carbons (Fsp3) is 0.0667. The molecule has 2 aromatic carbocycles. The van der Waals surface area contributed by atoms with Gasteiger partial charge in [-0.2, -0.15) is 10.5 Å². The molecule has 0 fully saturated rings. The second-order valence-corrected chi connectivity index (χ2v) is 5.96. The molecular weight excluding hydrogens is 286 g/mol. The Morgan fingerprint density at radius 1 is 0.952 bits per heavy atom. The van der Waals surface area contributed by atoms with Crippen LogP contribution >= 0.6 is 0 Å². The predicted octanol–water partition coefficient (Wildman–Crippen LogP) is 2.43. The van der Waals surface area contributed by atoms with Crippen molar-refractivity contribution in [3.05, 3.63) is 59.7 Å². The van der Waals surface area contributed by atoms with Crippen LogP contribution in [0.5, 0.6) is 0 Å². The molecule has 0 saturated carbocycles. The quantitative estimate of drug-likeness (QED) is 0.937. The summed E-state index contributed by atoms with van der Waals surface area (Å²) in [6, 6.07) is 16.2. The van der Waals surface area contributed by atoms with Crippen molar-refractivity contribution >= 4 is 15.7 Å². The molecule has 0 aliphatic heterocycles. The summed E-state index contributed by atoms with van der Waals surface area (Å²) in [5.74, 6) is 0. The Morgan fingerprint density at radius 3 is 2.10 bits per heavy atom. The Kier molecular flexibility index (Phi) is 4.22. The monoisotopic (exact) mass is 297 g/mol. The predicted molar refractivity (Wildman–Crippen MR) is 77.7 cm³/mol. The van der Waals surface area contributed by atoms with Crippen LogP contribution in [0.4, 0.5) is 5.69 Å². The summed E-state index contributed by atoms with van der Waals surface area (Å²) in [5.41, 5.74) is 1.60.